The molecule has 11 heteroatoms. The van der Waals surface area contributed by atoms with Crippen LogP contribution in [0.2, 0.25) is 0 Å². The number of hydrogen-bond acceptors (Lipinski definition) is 8. The van der Waals surface area contributed by atoms with E-state index in [0.717, 1.165) is 0 Å². The number of hydrogen-bond donors (Lipinski definition) is 4. The van der Waals surface area contributed by atoms with Crippen molar-refractivity contribution in [1.29, 1.82) is 0 Å². The third-order valence-corrected chi connectivity index (χ3v) is 3.85. The summed E-state index contributed by atoms with van der Waals surface area (Å²) >= 11 is 0. The van der Waals surface area contributed by atoms with E-state index in [1.54, 1.807) is 24.4 Å². The molecule has 3 rings (SSSR count). The second-order valence-corrected chi connectivity index (χ2v) is 5.85. The number of nitrogens with one attached hydrogen (secondary N) is 1. The van der Waals surface area contributed by atoms with Crippen molar-refractivity contribution in [2.45, 2.75) is 13.0 Å². The molecular weight excluding hydrogens is 389 g/mol. The minimum atomic E-state index is -4.88. The maximum absolute atomic E-state index is 12.9. The van der Waals surface area contributed by atoms with Gasteiger partial charge in [0.2, 0.25) is 0 Å². The Hall–Kier alpha value is -3.73. The lowest BCUT2D eigenvalue weighted by Gasteiger charge is -2.17. The van der Waals surface area contributed by atoms with Gasteiger partial charge in [0, 0.05) is 29.6 Å². The molecule has 3 aromatic rings. The van der Waals surface area contributed by atoms with Crippen LogP contribution in [0.3, 0.4) is 0 Å². The van der Waals surface area contributed by atoms with Gasteiger partial charge in [0.25, 0.3) is 0 Å². The number of nitrogens with zero attached hydrogens (tertiary/aromatic N) is 2. The van der Waals surface area contributed by atoms with E-state index in [1.165, 1.54) is 24.4 Å². The monoisotopic (exact) mass is 406 g/mol. The van der Waals surface area contributed by atoms with E-state index in [9.17, 15) is 13.2 Å². The molecule has 0 unspecified atom stereocenters. The number of benzene rings is 1. The van der Waals surface area contributed by atoms with Gasteiger partial charge in [-0.25, -0.2) is 10.8 Å². The van der Waals surface area contributed by atoms with Crippen LogP contribution in [0.4, 0.5) is 30.5 Å². The maximum atomic E-state index is 12.9. The first-order valence-corrected chi connectivity index (χ1v) is 8.21. The molecule has 0 aliphatic heterocycles. The van der Waals surface area contributed by atoms with Crippen molar-refractivity contribution in [3.63, 3.8) is 0 Å². The van der Waals surface area contributed by atoms with E-state index in [1.807, 2.05) is 0 Å². The molecule has 7 N–H and O–H groups in total. The summed E-state index contributed by atoms with van der Waals surface area (Å²) in [5, 5.41) is 0. The van der Waals surface area contributed by atoms with Crippen molar-refractivity contribution in [3.05, 3.63) is 54.4 Å². The highest BCUT2D eigenvalue weighted by Gasteiger charge is 2.32. The summed E-state index contributed by atoms with van der Waals surface area (Å²) in [6, 6.07) is 9.10. The minimum absolute atomic E-state index is 0.0620. The molecule has 0 radical (unpaired) electrons. The van der Waals surface area contributed by atoms with E-state index in [4.69, 9.17) is 22.0 Å². The number of hydrazine groups is 1. The number of halogens is 3. The lowest BCUT2D eigenvalue weighted by molar-refractivity contribution is -0.275. The molecular formula is C18H17F3N6O2. The van der Waals surface area contributed by atoms with Gasteiger partial charge in [-0.3, -0.25) is 4.98 Å². The average molecular weight is 406 g/mol. The minimum Gasteiger partial charge on any atom is -0.486 e. The normalized spacial score (nSPS) is 11.2. The summed E-state index contributed by atoms with van der Waals surface area (Å²) in [6.45, 7) is -0.267. The molecule has 152 valence electrons. The molecule has 8 nitrogen and oxygen atoms in total. The summed E-state index contributed by atoms with van der Waals surface area (Å²) in [7, 11) is 0. The Labute approximate surface area is 163 Å². The average Bonchev–Trinajstić information content (AvgIpc) is 2.68. The van der Waals surface area contributed by atoms with E-state index < -0.39 is 12.1 Å². The smallest absolute Gasteiger partial charge is 0.486 e. The fourth-order valence-electron chi connectivity index (χ4n) is 2.54. The topological polar surface area (TPSA) is 134 Å². The van der Waals surface area contributed by atoms with Crippen molar-refractivity contribution in [2.24, 2.45) is 5.84 Å². The van der Waals surface area contributed by atoms with E-state index >= 15 is 0 Å². The molecule has 0 aliphatic carbocycles. The van der Waals surface area contributed by atoms with E-state index in [2.05, 4.69) is 20.1 Å². The van der Waals surface area contributed by atoms with Gasteiger partial charge in [-0.15, -0.1) is 13.2 Å². The van der Waals surface area contributed by atoms with Gasteiger partial charge in [0.1, 0.15) is 29.6 Å². The Kier molecular flexibility index (Phi) is 5.59. The third kappa shape index (κ3) is 4.96. The van der Waals surface area contributed by atoms with Crippen LogP contribution in [0.15, 0.2) is 48.8 Å². The molecule has 1 aromatic carbocycles. The highest BCUT2D eigenvalue weighted by atomic mass is 19.4. The SMILES string of the molecule is NNc1nc(N)cc(OCc2ccc(-c3cccnc3)cc2OC(F)(F)F)c1N. The van der Waals surface area contributed by atoms with Crippen molar-refractivity contribution in [2.75, 3.05) is 16.9 Å². The van der Waals surface area contributed by atoms with Crippen LogP contribution in [-0.4, -0.2) is 16.3 Å². The molecule has 0 amide bonds. The zero-order valence-corrected chi connectivity index (χ0v) is 14.9. The van der Waals surface area contributed by atoms with Crippen LogP contribution in [0.1, 0.15) is 5.56 Å². The Morgan fingerprint density at radius 1 is 1.03 bits per heavy atom. The highest BCUT2D eigenvalue weighted by Crippen LogP contribution is 2.34. The van der Waals surface area contributed by atoms with Crippen LogP contribution in [0, 0.1) is 0 Å². The van der Waals surface area contributed by atoms with Gasteiger partial charge >= 0.3 is 6.36 Å². The van der Waals surface area contributed by atoms with Crippen molar-refractivity contribution in [1.82, 2.24) is 9.97 Å². The molecule has 2 aromatic heterocycles. The molecule has 0 saturated heterocycles. The molecule has 0 fully saturated rings. The molecule has 0 atom stereocenters. The van der Waals surface area contributed by atoms with Crippen molar-refractivity contribution >= 4 is 17.3 Å². The van der Waals surface area contributed by atoms with Gasteiger partial charge in [-0.05, 0) is 17.7 Å². The first kappa shape index (κ1) is 20.0. The van der Waals surface area contributed by atoms with E-state index in [-0.39, 0.29) is 35.2 Å². The largest absolute Gasteiger partial charge is 0.573 e. The van der Waals surface area contributed by atoms with Crippen LogP contribution in [-0.2, 0) is 6.61 Å². The number of nitrogen functional groups attached to an aromatic ring is 3. The lowest BCUT2D eigenvalue weighted by Crippen LogP contribution is -2.18. The first-order valence-electron chi connectivity index (χ1n) is 8.21. The second-order valence-electron chi connectivity index (χ2n) is 5.85. The zero-order chi connectivity index (χ0) is 21.0. The second kappa shape index (κ2) is 8.10. The van der Waals surface area contributed by atoms with Crippen LogP contribution >= 0.6 is 0 Å². The number of pyridine rings is 2. The molecule has 0 aliphatic rings. The van der Waals surface area contributed by atoms with Crippen molar-refractivity contribution in [3.8, 4) is 22.6 Å². The number of anilines is 3. The number of ether oxygens (including phenoxy) is 2. The van der Waals surface area contributed by atoms with Gasteiger partial charge in [-0.2, -0.15) is 0 Å². The summed E-state index contributed by atoms with van der Waals surface area (Å²) in [5.41, 5.74) is 15.1. The lowest BCUT2D eigenvalue weighted by atomic mass is 10.0. The summed E-state index contributed by atoms with van der Waals surface area (Å²) < 4.78 is 48.4. The first-order chi connectivity index (χ1) is 13.8. The van der Waals surface area contributed by atoms with Crippen LogP contribution < -0.4 is 32.2 Å². The molecule has 0 spiro atoms. The Bertz CT molecular complexity index is 999. The molecule has 0 bridgehead atoms. The summed E-state index contributed by atoms with van der Waals surface area (Å²) in [6.07, 6.45) is -1.78. The van der Waals surface area contributed by atoms with Crippen LogP contribution in [0.5, 0.6) is 11.5 Å². The maximum Gasteiger partial charge on any atom is 0.573 e. The molecule has 2 heterocycles. The standard InChI is InChI=1S/C18H17F3N6O2/c19-18(20,21)29-13-6-10(11-2-1-5-25-8-11)3-4-12(13)9-28-14-7-15(22)26-17(27-24)16(14)23/h1-8H,9,23-24H2,(H3,22,26,27). The van der Waals surface area contributed by atoms with Gasteiger partial charge < -0.3 is 26.4 Å². The Morgan fingerprint density at radius 2 is 1.83 bits per heavy atom. The Morgan fingerprint density at radius 3 is 2.48 bits per heavy atom. The third-order valence-electron chi connectivity index (χ3n) is 3.85. The summed E-state index contributed by atoms with van der Waals surface area (Å²) in [5.74, 6) is 5.16. The number of rotatable bonds is 6. The zero-order valence-electron chi connectivity index (χ0n) is 14.9. The molecule has 29 heavy (non-hydrogen) atoms. The predicted octanol–water partition coefficient (Wildman–Crippen LogP) is 3.07. The molecule has 0 saturated carbocycles. The summed E-state index contributed by atoms with van der Waals surface area (Å²) in [4.78, 5) is 7.84. The highest BCUT2D eigenvalue weighted by molar-refractivity contribution is 5.71. The predicted molar refractivity (Wildman–Crippen MR) is 102 cm³/mol. The fraction of sp³-hybridized carbons (Fsp3) is 0.111. The van der Waals surface area contributed by atoms with Gasteiger partial charge in [-0.1, -0.05) is 18.2 Å². The van der Waals surface area contributed by atoms with Gasteiger partial charge in [0.05, 0.1) is 0 Å². The van der Waals surface area contributed by atoms with Crippen molar-refractivity contribution < 1.29 is 22.6 Å². The number of alkyl halides is 3. The van der Waals surface area contributed by atoms with Crippen LogP contribution in [0.25, 0.3) is 11.1 Å². The Balaban J connectivity index is 1.91. The number of aromatic nitrogens is 2. The van der Waals surface area contributed by atoms with E-state index in [0.29, 0.717) is 11.1 Å². The van der Waals surface area contributed by atoms with Gasteiger partial charge in [0.15, 0.2) is 5.82 Å². The fourth-order valence-corrected chi connectivity index (χ4v) is 2.54. The quantitative estimate of drug-likeness (QED) is 0.362. The number of nitrogens with two attached hydrogens (primary N) is 3.